The second-order valence-corrected chi connectivity index (χ2v) is 9.43. The van der Waals surface area contributed by atoms with Gasteiger partial charge in [0.1, 0.15) is 0 Å². The Morgan fingerprint density at radius 1 is 0.967 bits per heavy atom. The predicted octanol–water partition coefficient (Wildman–Crippen LogP) is 3.90. The van der Waals surface area contributed by atoms with Crippen molar-refractivity contribution in [3.63, 3.8) is 0 Å². The number of hydrogen-bond donors (Lipinski definition) is 1. The van der Waals surface area contributed by atoms with Crippen LogP contribution in [0.2, 0.25) is 0 Å². The molecule has 1 amide bonds. The summed E-state index contributed by atoms with van der Waals surface area (Å²) in [4.78, 5) is 14.9. The van der Waals surface area contributed by atoms with Gasteiger partial charge in [-0.1, -0.05) is 60.7 Å². The number of fused-ring (bicyclic) bond motifs is 1. The van der Waals surface area contributed by atoms with Crippen LogP contribution in [-0.2, 0) is 28.7 Å². The number of carbonyl (C=O) groups is 1. The standard InChI is InChI=1S/C24H24N2O3S/c1-18-14-22-13-12-20(16-25-30(28,29)17-19-8-4-2-5-9-19)15-23(22)26(18)24(27)21-10-6-3-7-11-21/h2-13,15,18,25H,14,16-17H2,1H3. The van der Waals surface area contributed by atoms with E-state index in [4.69, 9.17) is 0 Å². The average molecular weight is 421 g/mol. The Hall–Kier alpha value is -2.96. The molecule has 5 nitrogen and oxygen atoms in total. The molecule has 1 aliphatic rings. The zero-order valence-electron chi connectivity index (χ0n) is 16.8. The first kappa shape index (κ1) is 20.3. The van der Waals surface area contributed by atoms with Crippen molar-refractivity contribution < 1.29 is 13.2 Å². The van der Waals surface area contributed by atoms with Crippen molar-refractivity contribution in [2.75, 3.05) is 4.90 Å². The fraction of sp³-hybridized carbons (Fsp3) is 0.208. The summed E-state index contributed by atoms with van der Waals surface area (Å²) in [7, 11) is -3.46. The van der Waals surface area contributed by atoms with Gasteiger partial charge in [0.05, 0.1) is 5.75 Å². The molecule has 1 aliphatic heterocycles. The van der Waals surface area contributed by atoms with Gasteiger partial charge in [0.25, 0.3) is 5.91 Å². The van der Waals surface area contributed by atoms with Gasteiger partial charge in [-0.25, -0.2) is 13.1 Å². The van der Waals surface area contributed by atoms with Crippen molar-refractivity contribution in [2.45, 2.75) is 31.7 Å². The molecule has 0 saturated carbocycles. The quantitative estimate of drug-likeness (QED) is 0.658. The summed E-state index contributed by atoms with van der Waals surface area (Å²) >= 11 is 0. The molecule has 0 radical (unpaired) electrons. The molecule has 0 aliphatic carbocycles. The highest BCUT2D eigenvalue weighted by atomic mass is 32.2. The largest absolute Gasteiger partial charge is 0.305 e. The van der Waals surface area contributed by atoms with E-state index in [0.717, 1.165) is 28.8 Å². The van der Waals surface area contributed by atoms with Crippen LogP contribution in [0.5, 0.6) is 0 Å². The number of amides is 1. The smallest absolute Gasteiger partial charge is 0.258 e. The lowest BCUT2D eigenvalue weighted by Gasteiger charge is -2.23. The first-order valence-corrected chi connectivity index (χ1v) is 11.6. The van der Waals surface area contributed by atoms with Gasteiger partial charge in [-0.3, -0.25) is 4.79 Å². The van der Waals surface area contributed by atoms with Crippen molar-refractivity contribution in [2.24, 2.45) is 0 Å². The van der Waals surface area contributed by atoms with E-state index in [-0.39, 0.29) is 24.2 Å². The maximum absolute atomic E-state index is 13.1. The molecule has 0 aromatic heterocycles. The van der Waals surface area contributed by atoms with E-state index < -0.39 is 10.0 Å². The minimum atomic E-state index is -3.46. The predicted molar refractivity (Wildman–Crippen MR) is 119 cm³/mol. The third-order valence-electron chi connectivity index (χ3n) is 5.30. The molecule has 0 spiro atoms. The number of hydrogen-bond acceptors (Lipinski definition) is 3. The first-order valence-electron chi connectivity index (χ1n) is 9.94. The van der Waals surface area contributed by atoms with Crippen LogP contribution in [0.25, 0.3) is 0 Å². The summed E-state index contributed by atoms with van der Waals surface area (Å²) in [6.07, 6.45) is 0.786. The zero-order chi connectivity index (χ0) is 21.1. The molecule has 1 heterocycles. The molecular weight excluding hydrogens is 396 g/mol. The topological polar surface area (TPSA) is 66.5 Å². The molecule has 30 heavy (non-hydrogen) atoms. The van der Waals surface area contributed by atoms with E-state index in [2.05, 4.69) is 4.72 Å². The van der Waals surface area contributed by atoms with Crippen molar-refractivity contribution in [1.29, 1.82) is 0 Å². The van der Waals surface area contributed by atoms with Gasteiger partial charge in [-0.05, 0) is 48.2 Å². The van der Waals surface area contributed by atoms with E-state index in [1.807, 2.05) is 78.6 Å². The van der Waals surface area contributed by atoms with Crippen molar-refractivity contribution in [3.8, 4) is 0 Å². The van der Waals surface area contributed by atoms with Crippen molar-refractivity contribution >= 4 is 21.6 Å². The van der Waals surface area contributed by atoms with Crippen LogP contribution in [0.3, 0.4) is 0 Å². The summed E-state index contributed by atoms with van der Waals surface area (Å²) in [5.41, 5.74) is 4.17. The highest BCUT2D eigenvalue weighted by molar-refractivity contribution is 7.88. The molecule has 6 heteroatoms. The normalized spacial score (nSPS) is 15.8. The van der Waals surface area contributed by atoms with Crippen LogP contribution < -0.4 is 9.62 Å². The molecule has 154 valence electrons. The summed E-state index contributed by atoms with van der Waals surface area (Å²) in [6, 6.07) is 24.2. The Labute approximate surface area is 177 Å². The highest BCUT2D eigenvalue weighted by Crippen LogP contribution is 2.34. The van der Waals surface area contributed by atoms with E-state index in [1.54, 1.807) is 12.1 Å². The molecule has 3 aromatic rings. The average Bonchev–Trinajstić information content (AvgIpc) is 3.08. The fourth-order valence-corrected chi connectivity index (χ4v) is 4.95. The number of rotatable bonds is 6. The summed E-state index contributed by atoms with van der Waals surface area (Å²) in [5, 5.41) is 0. The fourth-order valence-electron chi connectivity index (χ4n) is 3.83. The second-order valence-electron chi connectivity index (χ2n) is 7.62. The minimum absolute atomic E-state index is 0.0383. The molecule has 1 N–H and O–H groups in total. The van der Waals surface area contributed by atoms with E-state index in [1.165, 1.54) is 0 Å². The van der Waals surface area contributed by atoms with E-state index >= 15 is 0 Å². The van der Waals surface area contributed by atoms with Gasteiger partial charge in [0.2, 0.25) is 10.0 Å². The van der Waals surface area contributed by atoms with Gasteiger partial charge in [0.15, 0.2) is 0 Å². The van der Waals surface area contributed by atoms with Gasteiger partial charge in [0, 0.05) is 23.8 Å². The SMILES string of the molecule is CC1Cc2ccc(CNS(=O)(=O)Cc3ccccc3)cc2N1C(=O)c1ccccc1. The molecule has 0 bridgehead atoms. The maximum Gasteiger partial charge on any atom is 0.258 e. The Bertz CT molecular complexity index is 1150. The first-order chi connectivity index (χ1) is 14.4. The second kappa shape index (κ2) is 8.42. The van der Waals surface area contributed by atoms with Crippen LogP contribution in [-0.4, -0.2) is 20.4 Å². The van der Waals surface area contributed by atoms with Gasteiger partial charge in [-0.15, -0.1) is 0 Å². The van der Waals surface area contributed by atoms with Crippen molar-refractivity contribution in [1.82, 2.24) is 4.72 Å². The van der Waals surface area contributed by atoms with Gasteiger partial charge < -0.3 is 4.90 Å². The molecule has 1 atom stereocenters. The Balaban J connectivity index is 1.51. The lowest BCUT2D eigenvalue weighted by molar-refractivity contribution is 0.0981. The summed E-state index contributed by atoms with van der Waals surface area (Å²) in [6.45, 7) is 2.22. The lowest BCUT2D eigenvalue weighted by Crippen LogP contribution is -2.35. The number of anilines is 1. The minimum Gasteiger partial charge on any atom is -0.305 e. The number of sulfonamides is 1. The molecular formula is C24H24N2O3S. The third-order valence-corrected chi connectivity index (χ3v) is 6.60. The summed E-state index contributed by atoms with van der Waals surface area (Å²) < 4.78 is 27.6. The molecule has 4 rings (SSSR count). The van der Waals surface area contributed by atoms with E-state index in [0.29, 0.717) is 5.56 Å². The van der Waals surface area contributed by atoms with Crippen molar-refractivity contribution in [3.05, 3.63) is 101 Å². The van der Waals surface area contributed by atoms with Gasteiger partial charge >= 0.3 is 0 Å². The molecule has 0 fully saturated rings. The molecule has 3 aromatic carbocycles. The Morgan fingerprint density at radius 2 is 1.63 bits per heavy atom. The number of nitrogens with zero attached hydrogens (tertiary/aromatic N) is 1. The highest BCUT2D eigenvalue weighted by Gasteiger charge is 2.31. The third kappa shape index (κ3) is 4.45. The number of carbonyl (C=O) groups excluding carboxylic acids is 1. The van der Waals surface area contributed by atoms with Crippen LogP contribution in [0.4, 0.5) is 5.69 Å². The van der Waals surface area contributed by atoms with E-state index in [9.17, 15) is 13.2 Å². The van der Waals surface area contributed by atoms with Gasteiger partial charge in [-0.2, -0.15) is 0 Å². The number of nitrogens with one attached hydrogen (secondary N) is 1. The summed E-state index contributed by atoms with van der Waals surface area (Å²) in [5.74, 6) is -0.0994. The molecule has 0 saturated heterocycles. The monoisotopic (exact) mass is 420 g/mol. The Morgan fingerprint density at radius 3 is 2.33 bits per heavy atom. The van der Waals surface area contributed by atoms with Crippen LogP contribution in [0.15, 0.2) is 78.9 Å². The van der Waals surface area contributed by atoms with Crippen LogP contribution >= 0.6 is 0 Å². The van der Waals surface area contributed by atoms with Crippen LogP contribution in [0, 0.1) is 0 Å². The number of benzene rings is 3. The molecule has 1 unspecified atom stereocenters. The zero-order valence-corrected chi connectivity index (χ0v) is 17.6. The lowest BCUT2D eigenvalue weighted by atomic mass is 10.1. The maximum atomic E-state index is 13.1. The Kier molecular flexibility index (Phi) is 5.70. The van der Waals surface area contributed by atoms with Crippen LogP contribution in [0.1, 0.15) is 34.0 Å².